The number of carboxylic acid groups (broad SMARTS) is 2. The molecule has 1 saturated carbocycles. The molecule has 0 radical (unpaired) electrons. The molecule has 1 unspecified atom stereocenters. The summed E-state index contributed by atoms with van der Waals surface area (Å²) in [4.78, 5) is 45.4. The summed E-state index contributed by atoms with van der Waals surface area (Å²) < 4.78 is 0. The molecule has 182 valence electrons. The third-order valence-corrected chi connectivity index (χ3v) is 8.56. The van der Waals surface area contributed by atoms with E-state index in [4.69, 9.17) is 23.2 Å². The maximum Gasteiger partial charge on any atom is 1.00 e. The number of piperidine rings is 1. The molecular formula is C23H20Cl2LiN4O5S+. The number of H-pyrrole nitrogens is 1. The van der Waals surface area contributed by atoms with E-state index in [0.29, 0.717) is 40.2 Å². The van der Waals surface area contributed by atoms with Gasteiger partial charge in [0.1, 0.15) is 10.6 Å². The molecule has 0 spiro atoms. The van der Waals surface area contributed by atoms with E-state index in [0.717, 1.165) is 11.3 Å². The summed E-state index contributed by atoms with van der Waals surface area (Å²) in [6.45, 7) is 3.04. The average Bonchev–Trinajstić information content (AvgIpc) is 3.19. The first-order valence-electron chi connectivity index (χ1n) is 10.8. The van der Waals surface area contributed by atoms with Gasteiger partial charge in [0.15, 0.2) is 5.13 Å². The largest absolute Gasteiger partial charge is 1.00 e. The summed E-state index contributed by atoms with van der Waals surface area (Å²) >= 11 is 13.3. The number of aromatic nitrogens is 2. The van der Waals surface area contributed by atoms with Crippen LogP contribution in [0.15, 0.2) is 24.3 Å². The Morgan fingerprint density at radius 2 is 1.86 bits per heavy atom. The fourth-order valence-electron chi connectivity index (χ4n) is 4.62. The Morgan fingerprint density at radius 1 is 1.17 bits per heavy atom. The number of aryl methyl sites for hydroxylation is 1. The zero-order valence-corrected chi connectivity index (χ0v) is 21.7. The van der Waals surface area contributed by atoms with Crippen molar-refractivity contribution >= 4 is 57.5 Å². The second-order valence-corrected chi connectivity index (χ2v) is 10.5. The monoisotopic (exact) mass is 541 g/mol. The first-order valence-corrected chi connectivity index (χ1v) is 12.4. The van der Waals surface area contributed by atoms with E-state index < -0.39 is 11.9 Å². The Kier molecular flexibility index (Phi) is 7.47. The van der Waals surface area contributed by atoms with E-state index in [-0.39, 0.29) is 70.2 Å². The number of aromatic carboxylic acids is 2. The maximum atomic E-state index is 12.6. The Bertz CT molecular complexity index is 1360. The van der Waals surface area contributed by atoms with Gasteiger partial charge >= 0.3 is 30.8 Å². The number of nitrogens with one attached hydrogen (secondary N) is 2. The molecule has 1 amide bonds. The van der Waals surface area contributed by atoms with Crippen LogP contribution in [0, 0.1) is 18.8 Å². The number of anilines is 1. The van der Waals surface area contributed by atoms with E-state index in [2.05, 4.69) is 15.3 Å². The SMILES string of the molecule is Cc1[nH]c(C(=O)NC2[C@H]3CN(c4nc(Cc5cccc(C(=O)O)c5)c(C(=O)O)s4)C[C@@H]23)c(Cl)c1Cl.[Li+]. The number of benzene rings is 1. The standard InChI is InChI=1S/C23H20Cl2N4O5S.Li/c1-9-15(24)16(25)18(26-9)20(30)28-17-12-7-29(8-13(12)17)23-27-14(19(35-23)22(33)34)6-10-3-2-4-11(5-10)21(31)32;/h2-5,12-13,17,26H,6-8H2,1H3,(H,28,30)(H,31,32)(H,33,34);/q;+1/t12-,13+,17?;. The molecule has 2 fully saturated rings. The van der Waals surface area contributed by atoms with Crippen LogP contribution < -0.4 is 29.1 Å². The Balaban J connectivity index is 0.00000304. The van der Waals surface area contributed by atoms with Crippen molar-refractivity contribution in [2.75, 3.05) is 18.0 Å². The van der Waals surface area contributed by atoms with Gasteiger partial charge in [0.05, 0.1) is 21.3 Å². The second kappa shape index (κ2) is 10.1. The van der Waals surface area contributed by atoms with Gasteiger partial charge in [0, 0.05) is 43.1 Å². The van der Waals surface area contributed by atoms with Crippen LogP contribution in [0.2, 0.25) is 10.0 Å². The van der Waals surface area contributed by atoms with Gasteiger partial charge in [-0.1, -0.05) is 46.7 Å². The Hall–Kier alpha value is -2.48. The molecule has 2 aliphatic rings. The molecule has 36 heavy (non-hydrogen) atoms. The molecule has 1 saturated heterocycles. The number of rotatable bonds is 7. The van der Waals surface area contributed by atoms with Crippen LogP contribution in [0.5, 0.6) is 0 Å². The molecule has 1 aliphatic heterocycles. The van der Waals surface area contributed by atoms with E-state index in [1.54, 1.807) is 19.1 Å². The van der Waals surface area contributed by atoms with Crippen molar-refractivity contribution in [1.29, 1.82) is 0 Å². The summed E-state index contributed by atoms with van der Waals surface area (Å²) in [6.07, 6.45) is 0.220. The predicted molar refractivity (Wildman–Crippen MR) is 131 cm³/mol. The van der Waals surface area contributed by atoms with Gasteiger partial charge in [0.2, 0.25) is 0 Å². The van der Waals surface area contributed by atoms with Gasteiger partial charge in [0.25, 0.3) is 5.91 Å². The number of aromatic amines is 1. The predicted octanol–water partition coefficient (Wildman–Crippen LogP) is 0.942. The van der Waals surface area contributed by atoms with Crippen LogP contribution >= 0.6 is 34.5 Å². The topological polar surface area (TPSA) is 136 Å². The number of hydrogen-bond donors (Lipinski definition) is 4. The maximum absolute atomic E-state index is 12.6. The fourth-order valence-corrected chi connectivity index (χ4v) is 5.97. The number of hydrogen-bond acceptors (Lipinski definition) is 6. The third kappa shape index (κ3) is 4.88. The van der Waals surface area contributed by atoms with E-state index in [1.165, 1.54) is 12.1 Å². The average molecular weight is 542 g/mol. The molecule has 13 heteroatoms. The van der Waals surface area contributed by atoms with Crippen LogP contribution in [0.3, 0.4) is 0 Å². The second-order valence-electron chi connectivity index (χ2n) is 8.74. The smallest absolute Gasteiger partial charge is 0.478 e. The number of amides is 1. The first kappa shape index (κ1) is 26.6. The van der Waals surface area contributed by atoms with Crippen LogP contribution in [0.1, 0.15) is 47.5 Å². The van der Waals surface area contributed by atoms with Crippen molar-refractivity contribution in [2.24, 2.45) is 11.8 Å². The molecule has 1 aromatic carbocycles. The van der Waals surface area contributed by atoms with Crippen molar-refractivity contribution in [1.82, 2.24) is 15.3 Å². The van der Waals surface area contributed by atoms with Gasteiger partial charge in [-0.2, -0.15) is 0 Å². The molecule has 3 aromatic rings. The van der Waals surface area contributed by atoms with Gasteiger partial charge in [-0.15, -0.1) is 0 Å². The molecule has 2 aromatic heterocycles. The van der Waals surface area contributed by atoms with Crippen molar-refractivity contribution in [3.63, 3.8) is 0 Å². The molecule has 0 bridgehead atoms. The number of thiazole rings is 1. The van der Waals surface area contributed by atoms with Crippen molar-refractivity contribution in [3.8, 4) is 0 Å². The summed E-state index contributed by atoms with van der Waals surface area (Å²) in [6, 6.07) is 6.40. The van der Waals surface area contributed by atoms with E-state index in [9.17, 15) is 24.6 Å². The minimum absolute atomic E-state index is 0. The molecule has 5 rings (SSSR count). The number of carbonyl (C=O) groups is 3. The van der Waals surface area contributed by atoms with Crippen molar-refractivity contribution in [2.45, 2.75) is 19.4 Å². The quantitative estimate of drug-likeness (QED) is 0.327. The van der Waals surface area contributed by atoms with Crippen LogP contribution in [0.4, 0.5) is 5.13 Å². The third-order valence-electron chi connectivity index (χ3n) is 6.47. The molecule has 9 nitrogen and oxygen atoms in total. The van der Waals surface area contributed by atoms with Crippen molar-refractivity contribution in [3.05, 3.63) is 67.4 Å². The zero-order chi connectivity index (χ0) is 25.0. The number of carbonyl (C=O) groups excluding carboxylic acids is 1. The van der Waals surface area contributed by atoms with Gasteiger partial charge in [-0.3, -0.25) is 4.79 Å². The van der Waals surface area contributed by atoms with Gasteiger partial charge in [-0.25, -0.2) is 14.6 Å². The van der Waals surface area contributed by atoms with Gasteiger partial charge in [-0.05, 0) is 24.6 Å². The number of carboxylic acids is 2. The number of fused-ring (bicyclic) bond motifs is 1. The molecular weight excluding hydrogens is 522 g/mol. The summed E-state index contributed by atoms with van der Waals surface area (Å²) in [5, 5.41) is 23.1. The minimum Gasteiger partial charge on any atom is -0.478 e. The van der Waals surface area contributed by atoms with E-state index in [1.807, 2.05) is 4.90 Å². The van der Waals surface area contributed by atoms with Crippen LogP contribution in [-0.4, -0.2) is 57.2 Å². The number of halogens is 2. The summed E-state index contributed by atoms with van der Waals surface area (Å²) in [5.74, 6) is -1.94. The van der Waals surface area contributed by atoms with Gasteiger partial charge < -0.3 is 25.4 Å². The molecule has 1 aliphatic carbocycles. The van der Waals surface area contributed by atoms with Crippen molar-refractivity contribution < 1.29 is 43.5 Å². The first-order chi connectivity index (χ1) is 16.6. The number of nitrogens with zero attached hydrogens (tertiary/aromatic N) is 2. The zero-order valence-electron chi connectivity index (χ0n) is 19.3. The summed E-state index contributed by atoms with van der Waals surface area (Å²) in [5.41, 5.74) is 2.10. The minimum atomic E-state index is -1.07. The molecule has 3 atom stereocenters. The molecule has 3 heterocycles. The Labute approximate surface area is 232 Å². The Morgan fingerprint density at radius 3 is 2.44 bits per heavy atom. The van der Waals surface area contributed by atoms with Crippen LogP contribution in [0.25, 0.3) is 0 Å². The normalized spacial score (nSPS) is 20.0. The molecule has 4 N–H and O–H groups in total. The van der Waals surface area contributed by atoms with Crippen LogP contribution in [-0.2, 0) is 6.42 Å². The van der Waals surface area contributed by atoms with E-state index >= 15 is 0 Å². The summed E-state index contributed by atoms with van der Waals surface area (Å²) in [7, 11) is 0. The fraction of sp³-hybridized carbons (Fsp3) is 0.304.